The van der Waals surface area contributed by atoms with Gasteiger partial charge in [0, 0.05) is 0 Å². The average molecular weight is 198 g/mol. The molecule has 0 aromatic heterocycles. The van der Waals surface area contributed by atoms with E-state index >= 15 is 0 Å². The van der Waals surface area contributed by atoms with Gasteiger partial charge in [-0.2, -0.15) is 0 Å². The van der Waals surface area contributed by atoms with Crippen LogP contribution in [-0.4, -0.2) is 0 Å². The van der Waals surface area contributed by atoms with Gasteiger partial charge in [0.15, 0.2) is 0 Å². The van der Waals surface area contributed by atoms with Crippen molar-refractivity contribution in [2.45, 2.75) is 26.7 Å². The first-order valence-corrected chi connectivity index (χ1v) is 4.50. The number of hydrogen-bond acceptors (Lipinski definition) is 1. The molecule has 1 rings (SSSR count). The van der Waals surface area contributed by atoms with E-state index in [1.54, 1.807) is 0 Å². The molecular formula is C12H15NaO. The fourth-order valence-corrected chi connectivity index (χ4v) is 1.35. The standard InChI is InChI=1S/C12H16O.Na/c1-8(2)10-6-5-7-11(9(3)4)12(10)13;/h5-7,9,13H,1H2,2-4H3;/q;+1/p-1. The first-order chi connectivity index (χ1) is 6.04. The first kappa shape index (κ1) is 13.8. The maximum Gasteiger partial charge on any atom is 1.00 e. The van der Waals surface area contributed by atoms with Crippen molar-refractivity contribution in [2.24, 2.45) is 0 Å². The van der Waals surface area contributed by atoms with Crippen LogP contribution in [0.4, 0.5) is 0 Å². The second-order valence-electron chi connectivity index (χ2n) is 3.66. The van der Waals surface area contributed by atoms with Gasteiger partial charge in [-0.15, -0.1) is 0 Å². The number of allylic oxidation sites excluding steroid dienone is 1. The van der Waals surface area contributed by atoms with Gasteiger partial charge in [-0.3, -0.25) is 0 Å². The Balaban J connectivity index is 0.00000169. The predicted octanol–water partition coefficient (Wildman–Crippen LogP) is -0.0793. The zero-order chi connectivity index (χ0) is 10.0. The van der Waals surface area contributed by atoms with Crippen molar-refractivity contribution in [3.63, 3.8) is 0 Å². The van der Waals surface area contributed by atoms with E-state index in [2.05, 4.69) is 6.58 Å². The van der Waals surface area contributed by atoms with E-state index in [0.29, 0.717) is 0 Å². The molecule has 2 heteroatoms. The van der Waals surface area contributed by atoms with Crippen molar-refractivity contribution in [1.29, 1.82) is 0 Å². The Bertz CT molecular complexity index is 329. The molecule has 0 aliphatic carbocycles. The van der Waals surface area contributed by atoms with Crippen LogP contribution in [0.5, 0.6) is 5.75 Å². The third-order valence-electron chi connectivity index (χ3n) is 2.13. The summed E-state index contributed by atoms with van der Waals surface area (Å²) >= 11 is 0. The van der Waals surface area contributed by atoms with Gasteiger partial charge in [-0.1, -0.05) is 55.5 Å². The van der Waals surface area contributed by atoms with Gasteiger partial charge >= 0.3 is 29.6 Å². The normalized spacial score (nSPS) is 9.71. The molecule has 0 spiro atoms. The summed E-state index contributed by atoms with van der Waals surface area (Å²) in [6.45, 7) is 9.70. The summed E-state index contributed by atoms with van der Waals surface area (Å²) in [6.07, 6.45) is 0. The number of benzene rings is 1. The zero-order valence-corrected chi connectivity index (χ0v) is 11.4. The molecule has 70 valence electrons. The largest absolute Gasteiger partial charge is 1.00 e. The molecule has 1 aromatic rings. The summed E-state index contributed by atoms with van der Waals surface area (Å²) in [5, 5.41) is 11.8. The third kappa shape index (κ3) is 2.88. The van der Waals surface area contributed by atoms with Gasteiger partial charge in [-0.25, -0.2) is 0 Å². The van der Waals surface area contributed by atoms with E-state index in [1.165, 1.54) is 0 Å². The molecule has 0 aliphatic rings. The monoisotopic (exact) mass is 198 g/mol. The van der Waals surface area contributed by atoms with Crippen molar-refractivity contribution in [3.8, 4) is 5.75 Å². The topological polar surface area (TPSA) is 23.1 Å². The van der Waals surface area contributed by atoms with Crippen LogP contribution >= 0.6 is 0 Å². The SMILES string of the molecule is C=C(C)c1cccc(C(C)C)c1[O-].[Na+]. The minimum absolute atomic E-state index is 0. The summed E-state index contributed by atoms with van der Waals surface area (Å²) in [4.78, 5) is 0. The second kappa shape index (κ2) is 5.59. The first-order valence-electron chi connectivity index (χ1n) is 4.50. The maximum atomic E-state index is 11.8. The van der Waals surface area contributed by atoms with Gasteiger partial charge in [0.2, 0.25) is 0 Å². The molecule has 14 heavy (non-hydrogen) atoms. The van der Waals surface area contributed by atoms with Crippen LogP contribution < -0.4 is 34.7 Å². The summed E-state index contributed by atoms with van der Waals surface area (Å²) in [5.41, 5.74) is 2.46. The van der Waals surface area contributed by atoms with Gasteiger partial charge in [0.1, 0.15) is 0 Å². The molecule has 0 heterocycles. The van der Waals surface area contributed by atoms with Crippen LogP contribution in [-0.2, 0) is 0 Å². The summed E-state index contributed by atoms with van der Waals surface area (Å²) < 4.78 is 0. The molecule has 0 saturated heterocycles. The van der Waals surface area contributed by atoms with E-state index in [9.17, 15) is 5.11 Å². The molecule has 0 amide bonds. The molecule has 0 fully saturated rings. The van der Waals surface area contributed by atoms with Crippen LogP contribution in [0.15, 0.2) is 24.8 Å². The van der Waals surface area contributed by atoms with E-state index in [1.807, 2.05) is 39.0 Å². The van der Waals surface area contributed by atoms with Gasteiger partial charge in [0.25, 0.3) is 0 Å². The molecule has 0 radical (unpaired) electrons. The Labute approximate surface area is 108 Å². The Morgan fingerprint density at radius 2 is 1.93 bits per heavy atom. The van der Waals surface area contributed by atoms with Crippen molar-refractivity contribution in [2.75, 3.05) is 0 Å². The van der Waals surface area contributed by atoms with Crippen molar-refractivity contribution in [3.05, 3.63) is 35.9 Å². The van der Waals surface area contributed by atoms with E-state index in [0.717, 1.165) is 16.7 Å². The number of hydrogen-bond donors (Lipinski definition) is 0. The van der Waals surface area contributed by atoms with Gasteiger partial charge < -0.3 is 5.11 Å². The molecule has 1 aromatic carbocycles. The van der Waals surface area contributed by atoms with Gasteiger partial charge in [-0.05, 0) is 18.4 Å². The average Bonchev–Trinajstić information content (AvgIpc) is 2.03. The van der Waals surface area contributed by atoms with Crippen molar-refractivity contribution < 1.29 is 34.7 Å². The fourth-order valence-electron chi connectivity index (χ4n) is 1.35. The van der Waals surface area contributed by atoms with Crippen LogP contribution in [0.1, 0.15) is 37.8 Å². The Kier molecular flexibility index (Phi) is 5.50. The zero-order valence-electron chi connectivity index (χ0n) is 9.42. The molecule has 0 atom stereocenters. The Morgan fingerprint density at radius 3 is 2.36 bits per heavy atom. The fraction of sp³-hybridized carbons (Fsp3) is 0.333. The van der Waals surface area contributed by atoms with Crippen LogP contribution in [0.3, 0.4) is 0 Å². The summed E-state index contributed by atoms with van der Waals surface area (Å²) in [5.74, 6) is 0.414. The summed E-state index contributed by atoms with van der Waals surface area (Å²) in [6, 6.07) is 5.64. The van der Waals surface area contributed by atoms with Crippen molar-refractivity contribution in [1.82, 2.24) is 0 Å². The Morgan fingerprint density at radius 1 is 1.36 bits per heavy atom. The van der Waals surface area contributed by atoms with Crippen LogP contribution in [0, 0.1) is 0 Å². The third-order valence-corrected chi connectivity index (χ3v) is 2.13. The van der Waals surface area contributed by atoms with E-state index in [4.69, 9.17) is 0 Å². The van der Waals surface area contributed by atoms with Gasteiger partial charge in [0.05, 0.1) is 0 Å². The minimum atomic E-state index is 0. The van der Waals surface area contributed by atoms with Crippen LogP contribution in [0.2, 0.25) is 0 Å². The maximum absolute atomic E-state index is 11.8. The quantitative estimate of drug-likeness (QED) is 0.610. The molecule has 0 saturated carbocycles. The molecule has 0 bridgehead atoms. The molecule has 0 aliphatic heterocycles. The van der Waals surface area contributed by atoms with E-state index in [-0.39, 0.29) is 41.2 Å². The summed E-state index contributed by atoms with van der Waals surface area (Å²) in [7, 11) is 0. The molecule has 1 nitrogen and oxygen atoms in total. The smallest absolute Gasteiger partial charge is 0.872 e. The molecule has 0 N–H and O–H groups in total. The van der Waals surface area contributed by atoms with E-state index < -0.39 is 0 Å². The predicted molar refractivity (Wildman–Crippen MR) is 54.7 cm³/mol. The second-order valence-corrected chi connectivity index (χ2v) is 3.66. The number of rotatable bonds is 2. The van der Waals surface area contributed by atoms with Crippen molar-refractivity contribution >= 4 is 5.57 Å². The minimum Gasteiger partial charge on any atom is -0.872 e. The van der Waals surface area contributed by atoms with Crippen LogP contribution in [0.25, 0.3) is 5.57 Å². The number of para-hydroxylation sites is 1. The Hall–Kier alpha value is -0.240. The molecule has 0 unspecified atom stereocenters. The molecular weight excluding hydrogens is 183 g/mol.